The first kappa shape index (κ1) is 15.8. The van der Waals surface area contributed by atoms with E-state index in [-0.39, 0.29) is 17.7 Å². The van der Waals surface area contributed by atoms with Gasteiger partial charge in [-0.1, -0.05) is 22.9 Å². The van der Waals surface area contributed by atoms with Gasteiger partial charge in [0.2, 0.25) is 0 Å². The van der Waals surface area contributed by atoms with Crippen molar-refractivity contribution in [3.05, 3.63) is 28.2 Å². The lowest BCUT2D eigenvalue weighted by Gasteiger charge is -2.36. The van der Waals surface area contributed by atoms with Crippen molar-refractivity contribution >= 4 is 21.8 Å². The third-order valence-electron chi connectivity index (χ3n) is 3.77. The number of hydrogen-bond acceptors (Lipinski definition) is 4. The number of carbonyl (C=O) groups is 1. The van der Waals surface area contributed by atoms with E-state index in [4.69, 9.17) is 5.26 Å². The molecule has 21 heavy (non-hydrogen) atoms. The number of nitrogens with zero attached hydrogens (tertiary/aromatic N) is 3. The number of rotatable bonds is 3. The van der Waals surface area contributed by atoms with E-state index in [0.717, 1.165) is 10.9 Å². The third kappa shape index (κ3) is 3.55. The van der Waals surface area contributed by atoms with Crippen LogP contribution >= 0.6 is 15.9 Å². The highest BCUT2D eigenvalue weighted by Gasteiger charge is 2.26. The molecule has 5 nitrogen and oxygen atoms in total. The highest BCUT2D eigenvalue weighted by atomic mass is 79.9. The number of phenolic OH excluding ortho intramolecular Hbond substituents is 1. The second-order valence-corrected chi connectivity index (χ2v) is 5.96. The van der Waals surface area contributed by atoms with E-state index in [1.54, 1.807) is 17.0 Å². The summed E-state index contributed by atoms with van der Waals surface area (Å²) in [5.74, 6) is -0.176. The maximum absolute atomic E-state index is 12.4. The molecule has 1 N–H and O–H groups in total. The van der Waals surface area contributed by atoms with Crippen LogP contribution in [0.25, 0.3) is 0 Å². The molecule has 0 aromatic heterocycles. The van der Waals surface area contributed by atoms with Gasteiger partial charge in [0.15, 0.2) is 0 Å². The Morgan fingerprint density at radius 3 is 2.62 bits per heavy atom. The molecular formula is C15H18BrN3O2. The van der Waals surface area contributed by atoms with Crippen LogP contribution in [0.3, 0.4) is 0 Å². The summed E-state index contributed by atoms with van der Waals surface area (Å²) in [6.07, 6.45) is 0.790. The van der Waals surface area contributed by atoms with E-state index in [9.17, 15) is 9.90 Å². The van der Waals surface area contributed by atoms with Crippen molar-refractivity contribution < 1.29 is 9.90 Å². The first-order valence-electron chi connectivity index (χ1n) is 6.98. The number of halogens is 1. The molecule has 1 unspecified atom stereocenters. The summed E-state index contributed by atoms with van der Waals surface area (Å²) in [5.41, 5.74) is 0.318. The molecule has 0 saturated carbocycles. The van der Waals surface area contributed by atoms with Crippen LogP contribution in [0.1, 0.15) is 23.7 Å². The summed E-state index contributed by atoms with van der Waals surface area (Å²) in [6.45, 7) is 4.52. The Hall–Kier alpha value is -1.58. The molecule has 112 valence electrons. The van der Waals surface area contributed by atoms with Gasteiger partial charge in [0.25, 0.3) is 5.91 Å². The Labute approximate surface area is 132 Å². The Kier molecular flexibility index (Phi) is 5.21. The number of amides is 1. The van der Waals surface area contributed by atoms with Crippen molar-refractivity contribution in [2.24, 2.45) is 0 Å². The molecule has 1 aromatic carbocycles. The van der Waals surface area contributed by atoms with Crippen molar-refractivity contribution in [3.8, 4) is 11.8 Å². The maximum Gasteiger partial charge on any atom is 0.257 e. The predicted molar refractivity (Wildman–Crippen MR) is 83.0 cm³/mol. The second kappa shape index (κ2) is 6.92. The summed E-state index contributed by atoms with van der Waals surface area (Å²) in [7, 11) is 0. The van der Waals surface area contributed by atoms with Crippen LogP contribution in [-0.4, -0.2) is 53.0 Å². The van der Waals surface area contributed by atoms with E-state index in [1.807, 2.05) is 6.92 Å². The van der Waals surface area contributed by atoms with Gasteiger partial charge in [0.05, 0.1) is 17.7 Å². The molecule has 1 amide bonds. The Balaban J connectivity index is 2.02. The van der Waals surface area contributed by atoms with Crippen LogP contribution in [0, 0.1) is 11.3 Å². The van der Waals surface area contributed by atoms with Crippen LogP contribution in [0.15, 0.2) is 22.7 Å². The Bertz CT molecular complexity index is 563. The number of phenols is 1. The van der Waals surface area contributed by atoms with Crippen LogP contribution in [0.2, 0.25) is 0 Å². The molecule has 6 heteroatoms. The minimum atomic E-state index is -0.162. The van der Waals surface area contributed by atoms with E-state index < -0.39 is 0 Å². The normalized spacial score (nSPS) is 17.3. The van der Waals surface area contributed by atoms with Crippen molar-refractivity contribution in [1.29, 1.82) is 5.26 Å². The molecule has 0 aliphatic carbocycles. The van der Waals surface area contributed by atoms with E-state index in [1.165, 1.54) is 6.07 Å². The standard InChI is InChI=1S/C15H18BrN3O2/c1-2-12(10-17)18-5-7-19(8-6-18)15(21)13-4-3-11(16)9-14(13)20/h3-4,9,12,20H,2,5-8H2,1H3. The summed E-state index contributed by atoms with van der Waals surface area (Å²) in [5, 5.41) is 19.0. The zero-order valence-corrected chi connectivity index (χ0v) is 13.5. The van der Waals surface area contributed by atoms with E-state index in [0.29, 0.717) is 31.7 Å². The number of benzene rings is 1. The first-order valence-corrected chi connectivity index (χ1v) is 7.77. The molecule has 1 aliphatic heterocycles. The van der Waals surface area contributed by atoms with Crippen LogP contribution in [0.5, 0.6) is 5.75 Å². The van der Waals surface area contributed by atoms with Gasteiger partial charge in [0.1, 0.15) is 5.75 Å². The second-order valence-electron chi connectivity index (χ2n) is 5.04. The lowest BCUT2D eigenvalue weighted by Crippen LogP contribution is -2.51. The highest BCUT2D eigenvalue weighted by molar-refractivity contribution is 9.10. The van der Waals surface area contributed by atoms with Gasteiger partial charge in [0, 0.05) is 30.7 Å². The zero-order valence-electron chi connectivity index (χ0n) is 11.9. The third-order valence-corrected chi connectivity index (χ3v) is 4.26. The molecular weight excluding hydrogens is 334 g/mol. The van der Waals surface area contributed by atoms with Gasteiger partial charge in [-0.2, -0.15) is 5.26 Å². The van der Waals surface area contributed by atoms with Gasteiger partial charge < -0.3 is 10.0 Å². The maximum atomic E-state index is 12.4. The van der Waals surface area contributed by atoms with Gasteiger partial charge in [-0.05, 0) is 24.6 Å². The van der Waals surface area contributed by atoms with E-state index >= 15 is 0 Å². The average Bonchev–Trinajstić information content (AvgIpc) is 2.48. The lowest BCUT2D eigenvalue weighted by molar-refractivity contribution is 0.0602. The lowest BCUT2D eigenvalue weighted by atomic mass is 10.1. The van der Waals surface area contributed by atoms with Crippen LogP contribution < -0.4 is 0 Å². The van der Waals surface area contributed by atoms with Gasteiger partial charge >= 0.3 is 0 Å². The largest absolute Gasteiger partial charge is 0.507 e. The van der Waals surface area contributed by atoms with E-state index in [2.05, 4.69) is 26.9 Å². The fourth-order valence-corrected chi connectivity index (χ4v) is 2.87. The molecule has 1 aliphatic rings. The number of carbonyl (C=O) groups excluding carboxylic acids is 1. The van der Waals surface area contributed by atoms with Gasteiger partial charge in [-0.15, -0.1) is 0 Å². The molecule has 1 atom stereocenters. The fraction of sp³-hybridized carbons (Fsp3) is 0.467. The van der Waals surface area contributed by atoms with Crippen molar-refractivity contribution in [3.63, 3.8) is 0 Å². The fourth-order valence-electron chi connectivity index (χ4n) is 2.52. The molecule has 1 saturated heterocycles. The number of hydrogen-bond donors (Lipinski definition) is 1. The average molecular weight is 352 g/mol. The van der Waals surface area contributed by atoms with Crippen LogP contribution in [0.4, 0.5) is 0 Å². The van der Waals surface area contributed by atoms with Gasteiger partial charge in [-0.25, -0.2) is 0 Å². The Morgan fingerprint density at radius 1 is 1.43 bits per heavy atom. The smallest absolute Gasteiger partial charge is 0.257 e. The molecule has 0 spiro atoms. The molecule has 1 aromatic rings. The monoisotopic (exact) mass is 351 g/mol. The summed E-state index contributed by atoms with van der Waals surface area (Å²) in [6, 6.07) is 7.09. The first-order chi connectivity index (χ1) is 10.1. The summed E-state index contributed by atoms with van der Waals surface area (Å²) in [4.78, 5) is 16.2. The minimum Gasteiger partial charge on any atom is -0.507 e. The van der Waals surface area contributed by atoms with Gasteiger partial charge in [-0.3, -0.25) is 9.69 Å². The summed E-state index contributed by atoms with van der Waals surface area (Å²) < 4.78 is 0.737. The Morgan fingerprint density at radius 2 is 2.10 bits per heavy atom. The zero-order chi connectivity index (χ0) is 15.4. The highest BCUT2D eigenvalue weighted by Crippen LogP contribution is 2.24. The number of aromatic hydroxyl groups is 1. The molecule has 0 radical (unpaired) electrons. The minimum absolute atomic E-state index is 0.0136. The predicted octanol–water partition coefficient (Wildman–Crippen LogP) is 2.21. The quantitative estimate of drug-likeness (QED) is 0.906. The molecule has 1 heterocycles. The van der Waals surface area contributed by atoms with Crippen molar-refractivity contribution in [2.45, 2.75) is 19.4 Å². The molecule has 0 bridgehead atoms. The number of nitriles is 1. The van der Waals surface area contributed by atoms with Crippen molar-refractivity contribution in [1.82, 2.24) is 9.80 Å². The molecule has 1 fully saturated rings. The molecule has 2 rings (SSSR count). The van der Waals surface area contributed by atoms with Crippen LogP contribution in [-0.2, 0) is 0 Å². The number of piperazine rings is 1. The SMILES string of the molecule is CCC(C#N)N1CCN(C(=O)c2ccc(Br)cc2O)CC1. The summed E-state index contributed by atoms with van der Waals surface area (Å²) >= 11 is 3.26. The topological polar surface area (TPSA) is 67.6 Å². The van der Waals surface area contributed by atoms with Crippen molar-refractivity contribution in [2.75, 3.05) is 26.2 Å².